The van der Waals surface area contributed by atoms with Crippen LogP contribution in [-0.4, -0.2) is 104 Å². The number of methoxy groups -OCH3 is 2. The summed E-state index contributed by atoms with van der Waals surface area (Å²) in [5.41, 5.74) is 1.17. The van der Waals surface area contributed by atoms with Gasteiger partial charge < -0.3 is 19.3 Å². The van der Waals surface area contributed by atoms with Gasteiger partial charge in [-0.3, -0.25) is 24.3 Å². The van der Waals surface area contributed by atoms with Crippen molar-refractivity contribution in [1.82, 2.24) is 14.7 Å². The lowest BCUT2D eigenvalue weighted by Crippen LogP contribution is -2.51. The van der Waals surface area contributed by atoms with Crippen molar-refractivity contribution in [1.29, 1.82) is 0 Å². The van der Waals surface area contributed by atoms with E-state index in [1.807, 2.05) is 30.3 Å². The second-order valence-corrected chi connectivity index (χ2v) is 9.57. The first-order valence-electron chi connectivity index (χ1n) is 12.8. The molecule has 3 aromatic carbocycles. The first-order chi connectivity index (χ1) is 18.5. The number of aliphatic hydroxyl groups excluding tert-OH is 1. The minimum atomic E-state index is -0.678. The number of carbonyl (C=O) groups excluding carboxylic acids is 2. The smallest absolute Gasteiger partial charge is 0.261 e. The minimum Gasteiger partial charge on any atom is -0.493 e. The molecule has 0 spiro atoms. The lowest BCUT2D eigenvalue weighted by Gasteiger charge is -2.36. The molecule has 1 N–H and O–H groups in total. The number of ether oxygens (including phenoxy) is 3. The molecule has 0 aliphatic carbocycles. The number of β-amino-alcohol motifs (C(OH)–C–C–N with tert-alkyl or cyclic N) is 1. The van der Waals surface area contributed by atoms with Crippen LogP contribution in [0.25, 0.3) is 10.8 Å². The lowest BCUT2D eigenvalue weighted by atomic mass is 9.94. The fraction of sp³-hybridized carbons (Fsp3) is 0.379. The van der Waals surface area contributed by atoms with Crippen molar-refractivity contribution in [3.05, 3.63) is 65.7 Å². The van der Waals surface area contributed by atoms with E-state index in [0.717, 1.165) is 37.0 Å². The molecule has 2 aliphatic rings. The second kappa shape index (κ2) is 11.4. The van der Waals surface area contributed by atoms with Gasteiger partial charge in [0.05, 0.1) is 14.2 Å². The fourth-order valence-corrected chi connectivity index (χ4v) is 5.21. The highest BCUT2D eigenvalue weighted by Crippen LogP contribution is 2.36. The Bertz CT molecular complexity index is 1250. The first kappa shape index (κ1) is 26.0. The monoisotopic (exact) mass is 519 g/mol. The van der Waals surface area contributed by atoms with Crippen LogP contribution in [0.2, 0.25) is 0 Å². The largest absolute Gasteiger partial charge is 0.493 e. The van der Waals surface area contributed by atoms with Gasteiger partial charge in [-0.25, -0.2) is 0 Å². The fourth-order valence-electron chi connectivity index (χ4n) is 5.21. The van der Waals surface area contributed by atoms with Gasteiger partial charge in [0.25, 0.3) is 11.8 Å². The zero-order valence-electron chi connectivity index (χ0n) is 21.8. The predicted molar refractivity (Wildman–Crippen MR) is 143 cm³/mol. The summed E-state index contributed by atoms with van der Waals surface area (Å²) >= 11 is 0. The molecule has 2 aliphatic heterocycles. The number of para-hydroxylation sites is 1. The maximum absolute atomic E-state index is 13.1. The molecule has 0 saturated carbocycles. The number of carbonyl (C=O) groups is 2. The molecule has 5 rings (SSSR count). The second-order valence-electron chi connectivity index (χ2n) is 9.57. The van der Waals surface area contributed by atoms with Crippen LogP contribution in [0.15, 0.2) is 54.6 Å². The van der Waals surface area contributed by atoms with Crippen molar-refractivity contribution in [2.75, 3.05) is 66.6 Å². The van der Waals surface area contributed by atoms with Crippen LogP contribution in [0.5, 0.6) is 17.2 Å². The van der Waals surface area contributed by atoms with Gasteiger partial charge in [0.15, 0.2) is 11.5 Å². The van der Waals surface area contributed by atoms with E-state index in [9.17, 15) is 14.7 Å². The van der Waals surface area contributed by atoms with Crippen LogP contribution < -0.4 is 14.2 Å². The normalized spacial score (nSPS) is 17.1. The van der Waals surface area contributed by atoms with Crippen molar-refractivity contribution in [2.45, 2.75) is 6.10 Å². The number of amides is 2. The standard InChI is InChI=1S/C29H33N3O6/c1-36-24-10-5-11-25(37-2)27(24)38-19-21(33)18-31-14-12-30(13-15-31)16-17-32-28(34)22-8-3-6-20-7-4-9-23(26(20)22)29(32)35/h3-11,21,33H,12-19H2,1-2H3/t21-/m1/s1. The number of nitrogens with zero attached hydrogens (tertiary/aromatic N) is 3. The summed E-state index contributed by atoms with van der Waals surface area (Å²) in [5.74, 6) is 1.12. The highest BCUT2D eigenvalue weighted by Gasteiger charge is 2.33. The Kier molecular flexibility index (Phi) is 7.78. The number of hydrogen-bond donors (Lipinski definition) is 1. The van der Waals surface area contributed by atoms with E-state index >= 15 is 0 Å². The van der Waals surface area contributed by atoms with Gasteiger partial charge in [0, 0.05) is 62.3 Å². The molecule has 3 aromatic rings. The van der Waals surface area contributed by atoms with E-state index in [0.29, 0.717) is 48.0 Å². The third-order valence-electron chi connectivity index (χ3n) is 7.23. The van der Waals surface area contributed by atoms with Crippen molar-refractivity contribution < 1.29 is 28.9 Å². The number of imide groups is 1. The summed E-state index contributed by atoms with van der Waals surface area (Å²) < 4.78 is 16.5. The van der Waals surface area contributed by atoms with Crippen LogP contribution in [-0.2, 0) is 0 Å². The molecule has 38 heavy (non-hydrogen) atoms. The molecule has 2 heterocycles. The number of benzene rings is 3. The number of piperazine rings is 1. The molecule has 0 aromatic heterocycles. The molecule has 9 nitrogen and oxygen atoms in total. The van der Waals surface area contributed by atoms with Gasteiger partial charge in [0.2, 0.25) is 5.75 Å². The van der Waals surface area contributed by atoms with E-state index in [1.165, 1.54) is 4.90 Å². The van der Waals surface area contributed by atoms with Gasteiger partial charge in [-0.05, 0) is 29.7 Å². The number of hydrogen-bond acceptors (Lipinski definition) is 8. The molecule has 0 unspecified atom stereocenters. The summed E-state index contributed by atoms with van der Waals surface area (Å²) in [6, 6.07) is 16.6. The van der Waals surface area contributed by atoms with Gasteiger partial charge in [-0.15, -0.1) is 0 Å². The first-order valence-corrected chi connectivity index (χ1v) is 12.8. The summed E-state index contributed by atoms with van der Waals surface area (Å²) in [4.78, 5) is 32.1. The van der Waals surface area contributed by atoms with Crippen molar-refractivity contribution >= 4 is 22.6 Å². The molecular weight excluding hydrogens is 486 g/mol. The van der Waals surface area contributed by atoms with Crippen molar-refractivity contribution in [2.24, 2.45) is 0 Å². The van der Waals surface area contributed by atoms with E-state index in [1.54, 1.807) is 38.5 Å². The molecule has 1 saturated heterocycles. The van der Waals surface area contributed by atoms with Gasteiger partial charge >= 0.3 is 0 Å². The summed E-state index contributed by atoms with van der Waals surface area (Å²) in [6.07, 6.45) is -0.678. The topological polar surface area (TPSA) is 91.8 Å². The summed E-state index contributed by atoms with van der Waals surface area (Å²) in [7, 11) is 3.13. The zero-order chi connectivity index (χ0) is 26.6. The molecule has 200 valence electrons. The highest BCUT2D eigenvalue weighted by molar-refractivity contribution is 6.25. The predicted octanol–water partition coefficient (Wildman–Crippen LogP) is 2.51. The third-order valence-corrected chi connectivity index (χ3v) is 7.23. The Morgan fingerprint density at radius 1 is 0.789 bits per heavy atom. The van der Waals surface area contributed by atoms with Crippen molar-refractivity contribution in [3.63, 3.8) is 0 Å². The molecule has 1 atom stereocenters. The highest BCUT2D eigenvalue weighted by atomic mass is 16.5. The van der Waals surface area contributed by atoms with Gasteiger partial charge in [-0.2, -0.15) is 0 Å². The average Bonchev–Trinajstić information content (AvgIpc) is 2.95. The van der Waals surface area contributed by atoms with Gasteiger partial charge in [-0.1, -0.05) is 30.3 Å². The SMILES string of the molecule is COc1cccc(OC)c1OC[C@H](O)CN1CCN(CCN2C(=O)c3cccc4cccc(c34)C2=O)CC1. The summed E-state index contributed by atoms with van der Waals surface area (Å²) in [5, 5.41) is 12.2. The Labute approximate surface area is 222 Å². The molecule has 0 radical (unpaired) electrons. The maximum atomic E-state index is 13.1. The minimum absolute atomic E-state index is 0.115. The van der Waals surface area contributed by atoms with E-state index in [-0.39, 0.29) is 18.4 Å². The number of aliphatic hydroxyl groups is 1. The van der Waals surface area contributed by atoms with Crippen LogP contribution >= 0.6 is 0 Å². The van der Waals surface area contributed by atoms with Crippen LogP contribution in [0, 0.1) is 0 Å². The zero-order valence-corrected chi connectivity index (χ0v) is 21.8. The van der Waals surface area contributed by atoms with Gasteiger partial charge in [0.1, 0.15) is 12.7 Å². The molecule has 1 fully saturated rings. The quantitative estimate of drug-likeness (QED) is 0.409. The Morgan fingerprint density at radius 3 is 1.92 bits per heavy atom. The summed E-state index contributed by atoms with van der Waals surface area (Å²) in [6.45, 7) is 4.69. The van der Waals surface area contributed by atoms with Crippen LogP contribution in [0.1, 0.15) is 20.7 Å². The van der Waals surface area contributed by atoms with Crippen LogP contribution in [0.4, 0.5) is 0 Å². The van der Waals surface area contributed by atoms with E-state index in [2.05, 4.69) is 9.80 Å². The Hall–Kier alpha value is -3.66. The molecule has 9 heteroatoms. The maximum Gasteiger partial charge on any atom is 0.261 e. The van der Waals surface area contributed by atoms with Crippen molar-refractivity contribution in [3.8, 4) is 17.2 Å². The third kappa shape index (κ3) is 5.18. The van der Waals surface area contributed by atoms with E-state index in [4.69, 9.17) is 14.2 Å². The Balaban J connectivity index is 1.10. The number of rotatable bonds is 10. The Morgan fingerprint density at radius 2 is 1.34 bits per heavy atom. The van der Waals surface area contributed by atoms with E-state index < -0.39 is 6.10 Å². The molecule has 0 bridgehead atoms. The average molecular weight is 520 g/mol. The molecular formula is C29H33N3O6. The van der Waals surface area contributed by atoms with Crippen LogP contribution in [0.3, 0.4) is 0 Å². The molecule has 2 amide bonds. The lowest BCUT2D eigenvalue weighted by molar-refractivity contribution is 0.0406.